The Balaban J connectivity index is 1.58. The van der Waals surface area contributed by atoms with Crippen LogP contribution < -0.4 is 10.1 Å². The smallest absolute Gasteiger partial charge is 0.416 e. The number of carbonyl (C=O) groups is 1. The number of methoxy groups -OCH3 is 1. The quantitative estimate of drug-likeness (QED) is 0.382. The molecule has 10 heteroatoms. The minimum Gasteiger partial charge on any atom is -0.466 e. The first-order valence-corrected chi connectivity index (χ1v) is 10.0. The fraction of sp³-hybridized carbons (Fsp3) is 0.125. The van der Waals surface area contributed by atoms with E-state index in [1.54, 1.807) is 36.4 Å². The Hall–Kier alpha value is -4.21. The van der Waals surface area contributed by atoms with Gasteiger partial charge in [-0.1, -0.05) is 6.07 Å². The van der Waals surface area contributed by atoms with Crippen molar-refractivity contribution in [2.75, 3.05) is 12.4 Å². The molecule has 0 saturated carbocycles. The van der Waals surface area contributed by atoms with E-state index in [0.29, 0.717) is 22.8 Å². The minimum atomic E-state index is -4.55. The molecule has 0 aliphatic heterocycles. The summed E-state index contributed by atoms with van der Waals surface area (Å²) < 4.78 is 59.4. The van der Waals surface area contributed by atoms with Gasteiger partial charge in [-0.25, -0.2) is 9.07 Å². The van der Waals surface area contributed by atoms with E-state index in [9.17, 15) is 22.4 Å². The predicted octanol–water partition coefficient (Wildman–Crippen LogP) is 5.66. The van der Waals surface area contributed by atoms with E-state index in [4.69, 9.17) is 4.74 Å². The Morgan fingerprint density at radius 2 is 1.68 bits per heavy atom. The molecule has 174 valence electrons. The number of aromatic nitrogens is 3. The van der Waals surface area contributed by atoms with Crippen molar-refractivity contribution in [3.8, 4) is 23.1 Å². The molecule has 0 fully saturated rings. The second-order valence-electron chi connectivity index (χ2n) is 7.37. The van der Waals surface area contributed by atoms with Crippen molar-refractivity contribution >= 4 is 11.6 Å². The number of halogens is 4. The number of carbonyl (C=O) groups excluding carboxylic acids is 1. The van der Waals surface area contributed by atoms with E-state index in [2.05, 4.69) is 15.4 Å². The van der Waals surface area contributed by atoms with Crippen molar-refractivity contribution < 1.29 is 27.1 Å². The van der Waals surface area contributed by atoms with Crippen molar-refractivity contribution in [3.05, 3.63) is 89.2 Å². The van der Waals surface area contributed by atoms with E-state index in [1.807, 2.05) is 0 Å². The third kappa shape index (κ3) is 4.75. The highest BCUT2D eigenvalue weighted by molar-refractivity contribution is 6.04. The molecule has 1 heterocycles. The lowest BCUT2D eigenvalue weighted by molar-refractivity contribution is -0.138. The minimum absolute atomic E-state index is 0.0358. The van der Waals surface area contributed by atoms with Gasteiger partial charge >= 0.3 is 12.2 Å². The third-order valence-electron chi connectivity index (χ3n) is 5.05. The van der Waals surface area contributed by atoms with Crippen molar-refractivity contribution in [1.29, 1.82) is 0 Å². The maximum atomic E-state index is 13.3. The van der Waals surface area contributed by atoms with E-state index < -0.39 is 23.5 Å². The first-order chi connectivity index (χ1) is 16.2. The van der Waals surface area contributed by atoms with Gasteiger partial charge in [-0.05, 0) is 73.2 Å². The Bertz CT molecular complexity index is 1330. The maximum Gasteiger partial charge on any atom is 0.416 e. The van der Waals surface area contributed by atoms with Crippen LogP contribution in [0.25, 0.3) is 17.1 Å². The Kier molecular flexibility index (Phi) is 6.06. The van der Waals surface area contributed by atoms with Gasteiger partial charge in [-0.2, -0.15) is 18.2 Å². The lowest BCUT2D eigenvalue weighted by Gasteiger charge is -2.12. The molecule has 0 aliphatic rings. The Morgan fingerprint density at radius 1 is 1.00 bits per heavy atom. The largest absolute Gasteiger partial charge is 0.466 e. The van der Waals surface area contributed by atoms with Crippen molar-refractivity contribution in [1.82, 2.24) is 14.8 Å². The van der Waals surface area contributed by atoms with Gasteiger partial charge in [0.2, 0.25) is 0 Å². The number of rotatable bonds is 5. The van der Waals surface area contributed by atoms with Gasteiger partial charge in [0.1, 0.15) is 5.82 Å². The maximum absolute atomic E-state index is 13.3. The van der Waals surface area contributed by atoms with Crippen LogP contribution in [0.15, 0.2) is 66.7 Å². The molecule has 0 spiro atoms. The zero-order valence-corrected chi connectivity index (χ0v) is 18.0. The molecule has 6 nitrogen and oxygen atoms in total. The third-order valence-corrected chi connectivity index (χ3v) is 5.05. The van der Waals surface area contributed by atoms with Crippen LogP contribution in [-0.4, -0.2) is 27.8 Å². The van der Waals surface area contributed by atoms with Crippen LogP contribution in [0.5, 0.6) is 6.01 Å². The number of hydrogen-bond acceptors (Lipinski definition) is 4. The molecular weight excluding hydrogens is 452 g/mol. The standard InChI is InChI=1S/C24H18F4N4O2/c1-14-3-4-16(13-20(14)24(26,27)28)22(33)29-18-9-11-19(12-10-18)32-21(30-23(31-32)34-2)15-5-7-17(25)8-6-15/h3-13H,1-2H3,(H,29,33). The van der Waals surface area contributed by atoms with Crippen LogP contribution >= 0.6 is 0 Å². The van der Waals surface area contributed by atoms with Crippen molar-refractivity contribution in [2.24, 2.45) is 0 Å². The van der Waals surface area contributed by atoms with E-state index in [-0.39, 0.29) is 17.1 Å². The molecule has 0 aliphatic carbocycles. The average molecular weight is 470 g/mol. The topological polar surface area (TPSA) is 69.0 Å². The van der Waals surface area contributed by atoms with Gasteiger partial charge in [0.25, 0.3) is 5.91 Å². The monoisotopic (exact) mass is 470 g/mol. The number of amides is 1. The molecule has 0 unspecified atom stereocenters. The summed E-state index contributed by atoms with van der Waals surface area (Å²) in [6.45, 7) is 1.34. The zero-order valence-electron chi connectivity index (χ0n) is 18.0. The molecule has 4 aromatic rings. The second-order valence-corrected chi connectivity index (χ2v) is 7.37. The number of aryl methyl sites for hydroxylation is 1. The Labute approximate surface area is 191 Å². The molecule has 34 heavy (non-hydrogen) atoms. The summed E-state index contributed by atoms with van der Waals surface area (Å²) in [6.07, 6.45) is -4.55. The van der Waals surface area contributed by atoms with Gasteiger partial charge in [0.15, 0.2) is 5.82 Å². The Morgan fingerprint density at radius 3 is 2.29 bits per heavy atom. The summed E-state index contributed by atoms with van der Waals surface area (Å²) >= 11 is 0. The molecule has 0 radical (unpaired) electrons. The van der Waals surface area contributed by atoms with Crippen LogP contribution in [-0.2, 0) is 6.18 Å². The first kappa shape index (κ1) is 23.0. The molecule has 0 atom stereocenters. The van der Waals surface area contributed by atoms with Gasteiger partial charge in [0, 0.05) is 16.8 Å². The van der Waals surface area contributed by atoms with Crippen LogP contribution in [0, 0.1) is 12.7 Å². The number of alkyl halides is 3. The van der Waals surface area contributed by atoms with Crippen LogP contribution in [0.3, 0.4) is 0 Å². The number of nitrogens with one attached hydrogen (secondary N) is 1. The summed E-state index contributed by atoms with van der Waals surface area (Å²) in [4.78, 5) is 16.8. The number of nitrogens with zero attached hydrogens (tertiary/aromatic N) is 3. The summed E-state index contributed by atoms with van der Waals surface area (Å²) in [5.41, 5.74) is 0.620. The second kappa shape index (κ2) is 8.97. The number of benzene rings is 3. The van der Waals surface area contributed by atoms with Crippen molar-refractivity contribution in [2.45, 2.75) is 13.1 Å². The molecule has 1 amide bonds. The van der Waals surface area contributed by atoms with E-state index >= 15 is 0 Å². The van der Waals surface area contributed by atoms with Gasteiger partial charge < -0.3 is 10.1 Å². The SMILES string of the molecule is COc1nc(-c2ccc(F)cc2)n(-c2ccc(NC(=O)c3ccc(C)c(C(F)(F)F)c3)cc2)n1. The molecular formula is C24H18F4N4O2. The predicted molar refractivity (Wildman–Crippen MR) is 117 cm³/mol. The number of ether oxygens (including phenoxy) is 1. The molecule has 4 rings (SSSR count). The average Bonchev–Trinajstić information content (AvgIpc) is 3.24. The summed E-state index contributed by atoms with van der Waals surface area (Å²) in [7, 11) is 1.42. The van der Waals surface area contributed by atoms with Gasteiger partial charge in [-0.15, -0.1) is 5.10 Å². The zero-order chi connectivity index (χ0) is 24.5. The van der Waals surface area contributed by atoms with E-state index in [0.717, 1.165) is 6.07 Å². The summed E-state index contributed by atoms with van der Waals surface area (Å²) in [6, 6.07) is 15.7. The summed E-state index contributed by atoms with van der Waals surface area (Å²) in [5, 5.41) is 6.86. The molecule has 1 aromatic heterocycles. The van der Waals surface area contributed by atoms with Crippen LogP contribution in [0.4, 0.5) is 23.2 Å². The van der Waals surface area contributed by atoms with Gasteiger partial charge in [-0.3, -0.25) is 4.79 Å². The normalized spacial score (nSPS) is 11.4. The molecule has 0 saturated heterocycles. The fourth-order valence-corrected chi connectivity index (χ4v) is 3.30. The van der Waals surface area contributed by atoms with E-state index in [1.165, 1.54) is 43.0 Å². The number of anilines is 1. The van der Waals surface area contributed by atoms with Gasteiger partial charge in [0.05, 0.1) is 18.4 Å². The molecule has 0 bridgehead atoms. The van der Waals surface area contributed by atoms with Crippen LogP contribution in [0.2, 0.25) is 0 Å². The fourth-order valence-electron chi connectivity index (χ4n) is 3.30. The van der Waals surface area contributed by atoms with Crippen molar-refractivity contribution in [3.63, 3.8) is 0 Å². The highest BCUT2D eigenvalue weighted by Crippen LogP contribution is 2.32. The lowest BCUT2D eigenvalue weighted by atomic mass is 10.0. The molecule has 3 aromatic carbocycles. The first-order valence-electron chi connectivity index (χ1n) is 10.0. The summed E-state index contributed by atoms with van der Waals surface area (Å²) in [5.74, 6) is -0.654. The highest BCUT2D eigenvalue weighted by Gasteiger charge is 2.33. The molecule has 1 N–H and O–H groups in total. The lowest BCUT2D eigenvalue weighted by Crippen LogP contribution is -2.15. The van der Waals surface area contributed by atoms with Crippen LogP contribution in [0.1, 0.15) is 21.5 Å². The number of hydrogen-bond donors (Lipinski definition) is 1. The highest BCUT2D eigenvalue weighted by atomic mass is 19.4.